The summed E-state index contributed by atoms with van der Waals surface area (Å²) in [5, 5.41) is 3.16. The Morgan fingerprint density at radius 3 is 2.68 bits per heavy atom. The van der Waals surface area contributed by atoms with Crippen LogP contribution in [0.25, 0.3) is 0 Å². The Balaban J connectivity index is 1.94. The van der Waals surface area contributed by atoms with Crippen LogP contribution < -0.4 is 5.32 Å². The lowest BCUT2D eigenvalue weighted by Crippen LogP contribution is -2.28. The Kier molecular flexibility index (Phi) is 5.34. The number of nitrogens with zero attached hydrogens (tertiary/aromatic N) is 2. The van der Waals surface area contributed by atoms with Crippen molar-refractivity contribution in [2.45, 2.75) is 52.2 Å². The predicted octanol–water partition coefficient (Wildman–Crippen LogP) is 2.81. The Morgan fingerprint density at radius 2 is 2.05 bits per heavy atom. The van der Waals surface area contributed by atoms with Crippen molar-refractivity contribution in [2.24, 2.45) is 5.92 Å². The maximum absolute atomic E-state index is 4.74. The summed E-state index contributed by atoms with van der Waals surface area (Å²) in [4.78, 5) is 7.35. The summed E-state index contributed by atoms with van der Waals surface area (Å²) in [5.41, 5.74) is 2.35. The number of rotatable bonds is 8. The Hall–Kier alpha value is -0.930. The normalized spacial score (nSPS) is 15.4. The van der Waals surface area contributed by atoms with Crippen molar-refractivity contribution in [3.05, 3.63) is 29.6 Å². The molecule has 1 heterocycles. The first kappa shape index (κ1) is 14.5. The maximum atomic E-state index is 4.74. The largest absolute Gasteiger partial charge is 0.314 e. The van der Waals surface area contributed by atoms with Crippen LogP contribution in [0.4, 0.5) is 0 Å². The lowest BCUT2D eigenvalue weighted by Gasteiger charge is -2.22. The van der Waals surface area contributed by atoms with Crippen molar-refractivity contribution >= 4 is 0 Å². The van der Waals surface area contributed by atoms with Gasteiger partial charge >= 0.3 is 0 Å². The predicted molar refractivity (Wildman–Crippen MR) is 79.9 cm³/mol. The Labute approximate surface area is 117 Å². The van der Waals surface area contributed by atoms with Crippen molar-refractivity contribution in [3.8, 4) is 0 Å². The molecular weight excluding hydrogens is 234 g/mol. The first-order chi connectivity index (χ1) is 9.19. The van der Waals surface area contributed by atoms with Crippen LogP contribution in [0.1, 0.15) is 44.5 Å². The van der Waals surface area contributed by atoms with Crippen molar-refractivity contribution < 1.29 is 0 Å². The van der Waals surface area contributed by atoms with E-state index in [1.807, 2.05) is 7.05 Å². The molecule has 3 nitrogen and oxygen atoms in total. The monoisotopic (exact) mass is 261 g/mol. The molecule has 3 heteroatoms. The van der Waals surface area contributed by atoms with E-state index in [0.29, 0.717) is 0 Å². The highest BCUT2D eigenvalue weighted by Crippen LogP contribution is 2.28. The highest BCUT2D eigenvalue weighted by atomic mass is 15.2. The Morgan fingerprint density at radius 1 is 1.32 bits per heavy atom. The second-order valence-corrected chi connectivity index (χ2v) is 6.03. The second-order valence-electron chi connectivity index (χ2n) is 6.03. The molecule has 1 aliphatic rings. The molecule has 1 N–H and O–H groups in total. The maximum Gasteiger partial charge on any atom is 0.0547 e. The fourth-order valence-corrected chi connectivity index (χ4v) is 2.36. The fourth-order valence-electron chi connectivity index (χ4n) is 2.36. The average Bonchev–Trinajstić information content (AvgIpc) is 3.19. The van der Waals surface area contributed by atoms with Gasteiger partial charge in [0.05, 0.1) is 11.4 Å². The summed E-state index contributed by atoms with van der Waals surface area (Å²) in [6.45, 7) is 7.67. The third-order valence-electron chi connectivity index (χ3n) is 3.64. The molecule has 1 aromatic rings. The lowest BCUT2D eigenvalue weighted by atomic mass is 10.1. The summed E-state index contributed by atoms with van der Waals surface area (Å²) < 4.78 is 0. The first-order valence-corrected chi connectivity index (χ1v) is 7.52. The molecule has 1 aromatic heterocycles. The van der Waals surface area contributed by atoms with Crippen LogP contribution in [0.2, 0.25) is 0 Å². The van der Waals surface area contributed by atoms with Crippen LogP contribution in [0.5, 0.6) is 0 Å². The van der Waals surface area contributed by atoms with Gasteiger partial charge in [-0.05, 0) is 50.9 Å². The Bertz CT molecular complexity index is 385. The molecule has 0 atom stereocenters. The minimum atomic E-state index is 0.782. The summed E-state index contributed by atoms with van der Waals surface area (Å²) >= 11 is 0. The number of nitrogens with one attached hydrogen (secondary N) is 1. The highest BCUT2D eigenvalue weighted by Gasteiger charge is 2.28. The van der Waals surface area contributed by atoms with Crippen LogP contribution in [-0.4, -0.2) is 29.5 Å². The zero-order valence-electron chi connectivity index (χ0n) is 12.5. The molecule has 19 heavy (non-hydrogen) atoms. The quantitative estimate of drug-likeness (QED) is 0.780. The molecule has 1 saturated carbocycles. The molecule has 0 aromatic carbocycles. The minimum Gasteiger partial charge on any atom is -0.314 e. The van der Waals surface area contributed by atoms with Gasteiger partial charge < -0.3 is 5.32 Å². The van der Waals surface area contributed by atoms with Crippen LogP contribution in [0.15, 0.2) is 18.2 Å². The minimum absolute atomic E-state index is 0.782. The van der Waals surface area contributed by atoms with E-state index in [1.54, 1.807) is 0 Å². The van der Waals surface area contributed by atoms with E-state index >= 15 is 0 Å². The molecule has 1 aliphatic carbocycles. The number of pyridine rings is 1. The van der Waals surface area contributed by atoms with Crippen LogP contribution in [0.3, 0.4) is 0 Å². The van der Waals surface area contributed by atoms with Gasteiger partial charge in [0, 0.05) is 19.1 Å². The van der Waals surface area contributed by atoms with Crippen molar-refractivity contribution in [3.63, 3.8) is 0 Å². The van der Waals surface area contributed by atoms with Gasteiger partial charge in [-0.25, -0.2) is 0 Å². The molecule has 0 unspecified atom stereocenters. The van der Waals surface area contributed by atoms with Gasteiger partial charge in [0.2, 0.25) is 0 Å². The zero-order chi connectivity index (χ0) is 13.7. The zero-order valence-corrected chi connectivity index (χ0v) is 12.5. The molecule has 0 amide bonds. The fraction of sp³-hybridized carbons (Fsp3) is 0.688. The van der Waals surface area contributed by atoms with Gasteiger partial charge in [0.1, 0.15) is 0 Å². The van der Waals surface area contributed by atoms with Gasteiger partial charge in [0.25, 0.3) is 0 Å². The van der Waals surface area contributed by atoms with Crippen molar-refractivity contribution in [2.75, 3.05) is 13.6 Å². The second kappa shape index (κ2) is 7.01. The molecule has 0 radical (unpaired) electrons. The van der Waals surface area contributed by atoms with Gasteiger partial charge in [0.15, 0.2) is 0 Å². The highest BCUT2D eigenvalue weighted by molar-refractivity contribution is 5.11. The van der Waals surface area contributed by atoms with Crippen molar-refractivity contribution in [1.82, 2.24) is 15.2 Å². The van der Waals surface area contributed by atoms with Gasteiger partial charge in [-0.3, -0.25) is 9.88 Å². The van der Waals surface area contributed by atoms with Crippen molar-refractivity contribution in [1.29, 1.82) is 0 Å². The molecule has 2 rings (SSSR count). The van der Waals surface area contributed by atoms with E-state index in [-0.39, 0.29) is 0 Å². The first-order valence-electron chi connectivity index (χ1n) is 7.52. The third kappa shape index (κ3) is 4.92. The van der Waals surface area contributed by atoms with E-state index in [0.717, 1.165) is 30.7 Å². The standard InChI is InChI=1S/C16H27N3/c1-13(2)9-10-19(16-7-8-16)12-15-6-4-5-14(18-15)11-17-3/h4-6,13,16-17H,7-12H2,1-3H3. The molecule has 0 aliphatic heterocycles. The molecule has 0 bridgehead atoms. The van der Waals surface area contributed by atoms with E-state index in [9.17, 15) is 0 Å². The van der Waals surface area contributed by atoms with Gasteiger partial charge in [-0.1, -0.05) is 19.9 Å². The molecule has 1 fully saturated rings. The van der Waals surface area contributed by atoms with Gasteiger partial charge in [-0.2, -0.15) is 0 Å². The summed E-state index contributed by atoms with van der Waals surface area (Å²) in [7, 11) is 1.97. The topological polar surface area (TPSA) is 28.2 Å². The molecule has 0 saturated heterocycles. The molecular formula is C16H27N3. The molecule has 106 valence electrons. The van der Waals surface area contributed by atoms with Crippen LogP contribution >= 0.6 is 0 Å². The summed E-state index contributed by atoms with van der Waals surface area (Å²) in [6.07, 6.45) is 4.02. The average molecular weight is 261 g/mol. The van der Waals surface area contributed by atoms with E-state index < -0.39 is 0 Å². The summed E-state index contributed by atoms with van der Waals surface area (Å²) in [5.74, 6) is 0.782. The third-order valence-corrected chi connectivity index (χ3v) is 3.64. The van der Waals surface area contributed by atoms with Crippen LogP contribution in [-0.2, 0) is 13.1 Å². The smallest absolute Gasteiger partial charge is 0.0547 e. The number of hydrogen-bond donors (Lipinski definition) is 1. The lowest BCUT2D eigenvalue weighted by molar-refractivity contribution is 0.236. The van der Waals surface area contributed by atoms with Gasteiger partial charge in [-0.15, -0.1) is 0 Å². The van der Waals surface area contributed by atoms with E-state index in [2.05, 4.69) is 42.3 Å². The molecule has 0 spiro atoms. The van der Waals surface area contributed by atoms with Crippen LogP contribution in [0, 0.1) is 5.92 Å². The summed E-state index contributed by atoms with van der Waals surface area (Å²) in [6, 6.07) is 7.19. The van der Waals surface area contributed by atoms with E-state index in [4.69, 9.17) is 4.98 Å². The SMILES string of the molecule is CNCc1cccc(CN(CCC(C)C)C2CC2)n1. The van der Waals surface area contributed by atoms with E-state index in [1.165, 1.54) is 31.5 Å². The number of hydrogen-bond acceptors (Lipinski definition) is 3. The number of aromatic nitrogens is 1.